The van der Waals surface area contributed by atoms with Crippen LogP contribution in [0.15, 0.2) is 35.6 Å². The first-order valence-electron chi connectivity index (χ1n) is 5.97. The van der Waals surface area contributed by atoms with Gasteiger partial charge in [-0.2, -0.15) is 0 Å². The maximum atomic E-state index is 5.30. The Kier molecular flexibility index (Phi) is 3.85. The number of methoxy groups -OCH3 is 1. The minimum absolute atomic E-state index is 0.923. The first-order valence-corrected chi connectivity index (χ1v) is 5.97. The monoisotopic (exact) mass is 214 g/mol. The molecule has 0 bridgehead atoms. The highest BCUT2D eigenvalue weighted by Crippen LogP contribution is 2.23. The molecule has 1 aliphatic rings. The zero-order valence-electron chi connectivity index (χ0n) is 9.83. The Balaban J connectivity index is 2.21. The lowest BCUT2D eigenvalue weighted by Crippen LogP contribution is -1.91. The van der Waals surface area contributed by atoms with E-state index in [4.69, 9.17) is 4.74 Å². The van der Waals surface area contributed by atoms with Gasteiger partial charge in [0.05, 0.1) is 7.11 Å². The van der Waals surface area contributed by atoms with E-state index in [1.807, 2.05) is 18.2 Å². The van der Waals surface area contributed by atoms with E-state index >= 15 is 0 Å². The van der Waals surface area contributed by atoms with Crippen LogP contribution in [0, 0.1) is 0 Å². The summed E-state index contributed by atoms with van der Waals surface area (Å²) in [4.78, 5) is 0. The second kappa shape index (κ2) is 5.58. The molecule has 1 aromatic carbocycles. The lowest BCUT2D eigenvalue weighted by molar-refractivity contribution is 0.414. The molecule has 2 rings (SSSR count). The van der Waals surface area contributed by atoms with E-state index in [9.17, 15) is 0 Å². The van der Waals surface area contributed by atoms with E-state index in [1.54, 1.807) is 7.11 Å². The van der Waals surface area contributed by atoms with Gasteiger partial charge in [-0.15, -0.1) is 5.73 Å². The molecule has 0 radical (unpaired) electrons. The number of benzene rings is 1. The van der Waals surface area contributed by atoms with Crippen LogP contribution >= 0.6 is 0 Å². The van der Waals surface area contributed by atoms with Gasteiger partial charge in [0, 0.05) is 5.56 Å². The van der Waals surface area contributed by atoms with E-state index in [0.717, 1.165) is 11.3 Å². The molecule has 0 spiro atoms. The second-order valence-electron chi connectivity index (χ2n) is 4.19. The van der Waals surface area contributed by atoms with Crippen LogP contribution in [0.4, 0.5) is 0 Å². The number of ether oxygens (including phenoxy) is 1. The minimum atomic E-state index is 0.923. The Morgan fingerprint density at radius 2 is 1.88 bits per heavy atom. The van der Waals surface area contributed by atoms with Crippen molar-refractivity contribution in [2.24, 2.45) is 0 Å². The van der Waals surface area contributed by atoms with Gasteiger partial charge in [-0.25, -0.2) is 0 Å². The maximum absolute atomic E-state index is 5.30. The zero-order valence-corrected chi connectivity index (χ0v) is 9.83. The van der Waals surface area contributed by atoms with Gasteiger partial charge < -0.3 is 4.74 Å². The normalized spacial score (nSPS) is 15.4. The summed E-state index contributed by atoms with van der Waals surface area (Å²) in [5, 5.41) is 0. The molecule has 1 nitrogen and oxygen atoms in total. The van der Waals surface area contributed by atoms with Gasteiger partial charge in [-0.05, 0) is 43.4 Å². The predicted octanol–water partition coefficient (Wildman–Crippen LogP) is 4.20. The Morgan fingerprint density at radius 1 is 1.12 bits per heavy atom. The molecule has 1 fully saturated rings. The summed E-state index contributed by atoms with van der Waals surface area (Å²) in [6.45, 7) is 0. The number of hydrogen-bond donors (Lipinski definition) is 0. The average Bonchev–Trinajstić information content (AvgIpc) is 2.38. The highest BCUT2D eigenvalue weighted by atomic mass is 16.5. The molecular formula is C15H18O. The molecule has 1 heteroatoms. The molecule has 0 unspecified atom stereocenters. The molecule has 1 aliphatic carbocycles. The van der Waals surface area contributed by atoms with Crippen molar-refractivity contribution in [1.29, 1.82) is 0 Å². The average molecular weight is 214 g/mol. The molecule has 84 valence electrons. The summed E-state index contributed by atoms with van der Waals surface area (Å²) in [7, 11) is 1.71. The smallest absolute Gasteiger partial charge is 0.126 e. The maximum Gasteiger partial charge on any atom is 0.126 e. The van der Waals surface area contributed by atoms with Crippen LogP contribution in [-0.4, -0.2) is 7.11 Å². The van der Waals surface area contributed by atoms with E-state index in [0.29, 0.717) is 0 Å². The summed E-state index contributed by atoms with van der Waals surface area (Å²) in [5.41, 5.74) is 5.99. The van der Waals surface area contributed by atoms with Gasteiger partial charge in [-0.1, -0.05) is 24.6 Å². The summed E-state index contributed by atoms with van der Waals surface area (Å²) < 4.78 is 5.30. The third-order valence-corrected chi connectivity index (χ3v) is 3.03. The zero-order chi connectivity index (χ0) is 11.2. The van der Waals surface area contributed by atoms with E-state index < -0.39 is 0 Å². The van der Waals surface area contributed by atoms with Crippen LogP contribution < -0.4 is 4.74 Å². The Labute approximate surface area is 97.4 Å². The highest BCUT2D eigenvalue weighted by Gasteiger charge is 2.03. The van der Waals surface area contributed by atoms with Gasteiger partial charge in [0.15, 0.2) is 0 Å². The molecule has 0 N–H and O–H groups in total. The first kappa shape index (κ1) is 11.0. The number of hydrogen-bond acceptors (Lipinski definition) is 1. The summed E-state index contributed by atoms with van der Waals surface area (Å²) >= 11 is 0. The first-order chi connectivity index (χ1) is 7.90. The Morgan fingerprint density at radius 3 is 2.62 bits per heavy atom. The molecule has 0 saturated heterocycles. The summed E-state index contributed by atoms with van der Waals surface area (Å²) in [6.07, 6.45) is 8.50. The van der Waals surface area contributed by atoms with Crippen molar-refractivity contribution in [2.75, 3.05) is 7.11 Å². The molecule has 0 heterocycles. The van der Waals surface area contributed by atoms with E-state index in [2.05, 4.69) is 17.9 Å². The van der Waals surface area contributed by atoms with Crippen molar-refractivity contribution in [1.82, 2.24) is 0 Å². The SMILES string of the molecule is COc1ccccc1C=C=C1CCCCC1. The lowest BCUT2D eigenvalue weighted by Gasteiger charge is -2.10. The molecule has 1 saturated carbocycles. The highest BCUT2D eigenvalue weighted by molar-refractivity contribution is 5.57. The fourth-order valence-electron chi connectivity index (χ4n) is 2.09. The lowest BCUT2D eigenvalue weighted by atomic mass is 9.95. The van der Waals surface area contributed by atoms with Crippen LogP contribution in [0.25, 0.3) is 6.08 Å². The Bertz CT molecular complexity index is 403. The largest absolute Gasteiger partial charge is 0.496 e. The number of para-hydroxylation sites is 1. The van der Waals surface area contributed by atoms with Crippen molar-refractivity contribution < 1.29 is 4.74 Å². The second-order valence-corrected chi connectivity index (χ2v) is 4.19. The van der Waals surface area contributed by atoms with Gasteiger partial charge in [0.1, 0.15) is 5.75 Å². The molecule has 0 amide bonds. The third kappa shape index (κ3) is 2.77. The summed E-state index contributed by atoms with van der Waals surface area (Å²) in [6, 6.07) is 8.07. The van der Waals surface area contributed by atoms with Crippen LogP contribution in [-0.2, 0) is 0 Å². The fraction of sp³-hybridized carbons (Fsp3) is 0.400. The van der Waals surface area contributed by atoms with E-state index in [1.165, 1.54) is 37.7 Å². The van der Waals surface area contributed by atoms with Crippen molar-refractivity contribution in [3.8, 4) is 5.75 Å². The van der Waals surface area contributed by atoms with Gasteiger partial charge >= 0.3 is 0 Å². The van der Waals surface area contributed by atoms with Crippen LogP contribution in [0.5, 0.6) is 5.75 Å². The van der Waals surface area contributed by atoms with Crippen LogP contribution in [0.3, 0.4) is 0 Å². The van der Waals surface area contributed by atoms with Crippen LogP contribution in [0.2, 0.25) is 0 Å². The molecule has 0 atom stereocenters. The van der Waals surface area contributed by atoms with Crippen LogP contribution in [0.1, 0.15) is 37.7 Å². The van der Waals surface area contributed by atoms with Gasteiger partial charge in [-0.3, -0.25) is 0 Å². The van der Waals surface area contributed by atoms with Crippen molar-refractivity contribution >= 4 is 6.08 Å². The molecule has 0 aromatic heterocycles. The molecular weight excluding hydrogens is 196 g/mol. The summed E-state index contributed by atoms with van der Waals surface area (Å²) in [5.74, 6) is 0.923. The fourth-order valence-corrected chi connectivity index (χ4v) is 2.09. The van der Waals surface area contributed by atoms with Crippen molar-refractivity contribution in [3.05, 3.63) is 41.1 Å². The standard InChI is InChI=1S/C15H18O/c1-16-15-10-6-5-9-14(15)12-11-13-7-3-2-4-8-13/h5-6,9-10,12H,2-4,7-8H2,1H3. The minimum Gasteiger partial charge on any atom is -0.496 e. The topological polar surface area (TPSA) is 9.23 Å². The number of rotatable bonds is 2. The van der Waals surface area contributed by atoms with Crippen molar-refractivity contribution in [3.63, 3.8) is 0 Å². The quantitative estimate of drug-likeness (QED) is 0.670. The molecule has 0 aliphatic heterocycles. The molecule has 16 heavy (non-hydrogen) atoms. The van der Waals surface area contributed by atoms with Crippen molar-refractivity contribution in [2.45, 2.75) is 32.1 Å². The Hall–Kier alpha value is -1.46. The third-order valence-electron chi connectivity index (χ3n) is 3.03. The predicted molar refractivity (Wildman–Crippen MR) is 67.6 cm³/mol. The number of allylic oxidation sites excluding steroid dienone is 1. The van der Waals surface area contributed by atoms with E-state index in [-0.39, 0.29) is 0 Å². The molecule has 1 aromatic rings. The van der Waals surface area contributed by atoms with Gasteiger partial charge in [0.25, 0.3) is 0 Å². The van der Waals surface area contributed by atoms with Gasteiger partial charge in [0.2, 0.25) is 0 Å².